The monoisotopic (exact) mass is 438 g/mol. The average Bonchev–Trinajstić information content (AvgIpc) is 2.76. The minimum Gasteiger partial charge on any atom is -0.466 e. The Kier molecular flexibility index (Phi) is 23.9. The van der Waals surface area contributed by atoms with Crippen molar-refractivity contribution in [1.82, 2.24) is 0 Å². The molecule has 0 aliphatic rings. The molecular weight excluding hydrogens is 388 g/mol. The first-order valence-electron chi connectivity index (χ1n) is 13.2. The van der Waals surface area contributed by atoms with Gasteiger partial charge in [0.25, 0.3) is 0 Å². The SMILES string of the molecule is CCCCC/C=C/CCCOC(=O)CCCCCCCCC(=O)OCCCCCCC. The Balaban J connectivity index is 3.30. The zero-order valence-corrected chi connectivity index (χ0v) is 20.6. The highest BCUT2D eigenvalue weighted by atomic mass is 16.5. The number of hydrogen-bond acceptors (Lipinski definition) is 4. The van der Waals surface area contributed by atoms with Crippen molar-refractivity contribution in [2.24, 2.45) is 0 Å². The first kappa shape index (κ1) is 29.7. The van der Waals surface area contributed by atoms with Crippen molar-refractivity contribution in [3.8, 4) is 0 Å². The zero-order chi connectivity index (χ0) is 22.8. The minimum atomic E-state index is -0.0654. The Morgan fingerprint density at radius 2 is 0.935 bits per heavy atom. The van der Waals surface area contributed by atoms with Crippen LogP contribution in [0, 0.1) is 0 Å². The molecule has 4 heteroatoms. The molecule has 0 spiro atoms. The van der Waals surface area contributed by atoms with Gasteiger partial charge in [0.2, 0.25) is 0 Å². The Hall–Kier alpha value is -1.32. The molecule has 0 fully saturated rings. The topological polar surface area (TPSA) is 52.6 Å². The smallest absolute Gasteiger partial charge is 0.305 e. The minimum absolute atomic E-state index is 0.0507. The highest BCUT2D eigenvalue weighted by Crippen LogP contribution is 2.10. The Morgan fingerprint density at radius 1 is 0.516 bits per heavy atom. The molecule has 0 aromatic heterocycles. The average molecular weight is 439 g/mol. The van der Waals surface area contributed by atoms with Gasteiger partial charge in [-0.05, 0) is 44.9 Å². The summed E-state index contributed by atoms with van der Waals surface area (Å²) in [6, 6.07) is 0. The molecule has 0 N–H and O–H groups in total. The molecule has 0 unspecified atom stereocenters. The normalized spacial score (nSPS) is 11.2. The summed E-state index contributed by atoms with van der Waals surface area (Å²) in [5.74, 6) is -0.116. The van der Waals surface area contributed by atoms with Crippen molar-refractivity contribution >= 4 is 11.9 Å². The molecule has 0 rings (SSSR count). The maximum Gasteiger partial charge on any atom is 0.305 e. The molecule has 0 saturated heterocycles. The molecule has 182 valence electrons. The summed E-state index contributed by atoms with van der Waals surface area (Å²) in [5, 5.41) is 0. The van der Waals surface area contributed by atoms with E-state index in [2.05, 4.69) is 26.0 Å². The summed E-state index contributed by atoms with van der Waals surface area (Å²) < 4.78 is 10.6. The lowest BCUT2D eigenvalue weighted by atomic mass is 10.1. The number of esters is 2. The molecule has 0 heterocycles. The molecule has 31 heavy (non-hydrogen) atoms. The van der Waals surface area contributed by atoms with Crippen LogP contribution < -0.4 is 0 Å². The second-order valence-electron chi connectivity index (χ2n) is 8.59. The molecule has 0 aromatic carbocycles. The largest absolute Gasteiger partial charge is 0.466 e. The summed E-state index contributed by atoms with van der Waals surface area (Å²) in [7, 11) is 0. The number of carbonyl (C=O) groups excluding carboxylic acids is 2. The van der Waals surface area contributed by atoms with E-state index in [1.165, 1.54) is 38.5 Å². The van der Waals surface area contributed by atoms with E-state index in [1.807, 2.05) is 0 Å². The van der Waals surface area contributed by atoms with E-state index in [-0.39, 0.29) is 11.9 Å². The molecule has 0 aliphatic heterocycles. The zero-order valence-electron chi connectivity index (χ0n) is 20.6. The lowest BCUT2D eigenvalue weighted by Crippen LogP contribution is -2.05. The molecule has 0 saturated carbocycles. The fourth-order valence-electron chi connectivity index (χ4n) is 3.42. The van der Waals surface area contributed by atoms with Crippen LogP contribution in [0.2, 0.25) is 0 Å². The van der Waals surface area contributed by atoms with Crippen LogP contribution in [0.5, 0.6) is 0 Å². The van der Waals surface area contributed by atoms with Gasteiger partial charge in [-0.3, -0.25) is 9.59 Å². The lowest BCUT2D eigenvalue weighted by Gasteiger charge is -2.05. The second kappa shape index (κ2) is 24.9. The predicted molar refractivity (Wildman–Crippen MR) is 130 cm³/mol. The Morgan fingerprint density at radius 3 is 1.52 bits per heavy atom. The molecule has 4 nitrogen and oxygen atoms in total. The van der Waals surface area contributed by atoms with Crippen LogP contribution >= 0.6 is 0 Å². The first-order chi connectivity index (χ1) is 15.2. The van der Waals surface area contributed by atoms with E-state index in [4.69, 9.17) is 9.47 Å². The highest BCUT2D eigenvalue weighted by Gasteiger charge is 2.04. The van der Waals surface area contributed by atoms with Crippen LogP contribution in [-0.2, 0) is 19.1 Å². The van der Waals surface area contributed by atoms with Gasteiger partial charge in [-0.1, -0.05) is 90.2 Å². The van der Waals surface area contributed by atoms with E-state index < -0.39 is 0 Å². The number of ether oxygens (including phenoxy) is 2. The van der Waals surface area contributed by atoms with Crippen LogP contribution in [0.1, 0.15) is 136 Å². The summed E-state index contributed by atoms with van der Waals surface area (Å²) in [6.45, 7) is 5.53. The van der Waals surface area contributed by atoms with E-state index in [1.54, 1.807) is 0 Å². The molecule has 0 aliphatic carbocycles. The van der Waals surface area contributed by atoms with Crippen LogP contribution in [0.3, 0.4) is 0 Å². The van der Waals surface area contributed by atoms with Crippen molar-refractivity contribution < 1.29 is 19.1 Å². The van der Waals surface area contributed by atoms with Gasteiger partial charge in [0.05, 0.1) is 13.2 Å². The highest BCUT2D eigenvalue weighted by molar-refractivity contribution is 5.69. The van der Waals surface area contributed by atoms with Gasteiger partial charge in [0.1, 0.15) is 0 Å². The van der Waals surface area contributed by atoms with E-state index in [0.29, 0.717) is 26.1 Å². The third kappa shape index (κ3) is 24.8. The predicted octanol–water partition coefficient (Wildman–Crippen LogP) is 8.08. The maximum absolute atomic E-state index is 11.7. The van der Waals surface area contributed by atoms with Gasteiger partial charge in [-0.25, -0.2) is 0 Å². The van der Waals surface area contributed by atoms with Crippen LogP contribution in [0.4, 0.5) is 0 Å². The number of allylic oxidation sites excluding steroid dienone is 2. The summed E-state index contributed by atoms with van der Waals surface area (Å²) in [5.41, 5.74) is 0. The number of unbranched alkanes of at least 4 members (excludes halogenated alkanes) is 13. The Bertz CT molecular complexity index is 431. The van der Waals surface area contributed by atoms with Crippen molar-refractivity contribution in [3.05, 3.63) is 12.2 Å². The van der Waals surface area contributed by atoms with Gasteiger partial charge in [-0.15, -0.1) is 0 Å². The van der Waals surface area contributed by atoms with Gasteiger partial charge < -0.3 is 9.47 Å². The molecule has 0 amide bonds. The van der Waals surface area contributed by atoms with Crippen LogP contribution in [0.25, 0.3) is 0 Å². The number of rotatable bonds is 23. The quantitative estimate of drug-likeness (QED) is 0.0919. The van der Waals surface area contributed by atoms with Crippen molar-refractivity contribution in [2.75, 3.05) is 13.2 Å². The molecule has 0 atom stereocenters. The fraction of sp³-hybridized carbons (Fsp3) is 0.852. The van der Waals surface area contributed by atoms with Crippen molar-refractivity contribution in [2.45, 2.75) is 136 Å². The number of carbonyl (C=O) groups is 2. The maximum atomic E-state index is 11.7. The first-order valence-corrected chi connectivity index (χ1v) is 13.2. The molecule has 0 radical (unpaired) electrons. The van der Waals surface area contributed by atoms with Gasteiger partial charge in [0, 0.05) is 12.8 Å². The summed E-state index contributed by atoms with van der Waals surface area (Å²) in [6.07, 6.45) is 24.5. The van der Waals surface area contributed by atoms with Crippen LogP contribution in [-0.4, -0.2) is 25.2 Å². The third-order valence-corrected chi connectivity index (χ3v) is 5.44. The van der Waals surface area contributed by atoms with Crippen LogP contribution in [0.15, 0.2) is 12.2 Å². The second-order valence-corrected chi connectivity index (χ2v) is 8.59. The summed E-state index contributed by atoms with van der Waals surface area (Å²) in [4.78, 5) is 23.4. The fourth-order valence-corrected chi connectivity index (χ4v) is 3.42. The van der Waals surface area contributed by atoms with E-state index in [9.17, 15) is 9.59 Å². The Labute approximate surface area is 192 Å². The van der Waals surface area contributed by atoms with Crippen molar-refractivity contribution in [3.63, 3.8) is 0 Å². The van der Waals surface area contributed by atoms with E-state index >= 15 is 0 Å². The van der Waals surface area contributed by atoms with Gasteiger partial charge in [-0.2, -0.15) is 0 Å². The van der Waals surface area contributed by atoms with Crippen molar-refractivity contribution in [1.29, 1.82) is 0 Å². The standard InChI is InChI=1S/C27H50O4/c1-3-5-7-9-10-13-17-21-25-31-27(29)23-19-15-12-11-14-18-22-26(28)30-24-20-16-8-6-4-2/h10,13H,3-9,11-12,14-25H2,1-2H3/b13-10+. The summed E-state index contributed by atoms with van der Waals surface area (Å²) >= 11 is 0. The molecule has 0 aromatic rings. The van der Waals surface area contributed by atoms with E-state index in [0.717, 1.165) is 70.6 Å². The van der Waals surface area contributed by atoms with Gasteiger partial charge in [0.15, 0.2) is 0 Å². The number of hydrogen-bond donors (Lipinski definition) is 0. The molecular formula is C27H50O4. The lowest BCUT2D eigenvalue weighted by molar-refractivity contribution is -0.144. The molecule has 0 bridgehead atoms. The third-order valence-electron chi connectivity index (χ3n) is 5.44. The van der Waals surface area contributed by atoms with Gasteiger partial charge >= 0.3 is 11.9 Å².